The van der Waals surface area contributed by atoms with Gasteiger partial charge in [0.2, 0.25) is 11.8 Å². The third-order valence-electron chi connectivity index (χ3n) is 5.83. The van der Waals surface area contributed by atoms with Crippen molar-refractivity contribution in [1.82, 2.24) is 25.0 Å². The minimum Gasteiger partial charge on any atom is -0.425 e. The van der Waals surface area contributed by atoms with Crippen LogP contribution < -0.4 is 0 Å². The van der Waals surface area contributed by atoms with E-state index in [0.717, 1.165) is 33.5 Å². The van der Waals surface area contributed by atoms with Gasteiger partial charge >= 0.3 is 0 Å². The second-order valence-electron chi connectivity index (χ2n) is 9.36. The van der Waals surface area contributed by atoms with E-state index in [-0.39, 0.29) is 11.5 Å². The summed E-state index contributed by atoms with van der Waals surface area (Å²) in [6.07, 6.45) is 0.436. The predicted octanol–water partition coefficient (Wildman–Crippen LogP) is 5.72. The van der Waals surface area contributed by atoms with E-state index < -0.39 is 0 Å². The fourth-order valence-corrected chi connectivity index (χ4v) is 5.28. The molecule has 0 amide bonds. The maximum Gasteiger partial charge on any atom is 0.221 e. The highest BCUT2D eigenvalue weighted by Crippen LogP contribution is 2.39. The molecule has 1 aliphatic rings. The van der Waals surface area contributed by atoms with E-state index in [2.05, 4.69) is 59.6 Å². The van der Waals surface area contributed by atoms with Crippen molar-refractivity contribution < 1.29 is 4.42 Å². The first-order chi connectivity index (χ1) is 15.6. The van der Waals surface area contributed by atoms with Crippen LogP contribution >= 0.6 is 22.9 Å². The van der Waals surface area contributed by atoms with Crippen molar-refractivity contribution in [3.05, 3.63) is 74.3 Å². The number of halogens is 1. The number of rotatable bonds is 3. The molecule has 0 radical (unpaired) electrons. The molecule has 170 valence electrons. The molecule has 0 spiro atoms. The van der Waals surface area contributed by atoms with E-state index in [9.17, 15) is 0 Å². The molecule has 5 rings (SSSR count). The minimum absolute atomic E-state index is 0.220. The topological polar surface area (TPSA) is 82.0 Å². The quantitative estimate of drug-likeness (QED) is 0.374. The zero-order chi connectivity index (χ0) is 23.5. The zero-order valence-electron chi connectivity index (χ0n) is 19.5. The number of fused-ring (bicyclic) bond motifs is 3. The molecule has 33 heavy (non-hydrogen) atoms. The maximum atomic E-state index is 6.18. The van der Waals surface area contributed by atoms with Crippen molar-refractivity contribution in [3.63, 3.8) is 0 Å². The van der Waals surface area contributed by atoms with Gasteiger partial charge in [0.15, 0.2) is 5.82 Å². The number of hydrogen-bond acceptors (Lipinski definition) is 7. The second kappa shape index (κ2) is 7.88. The average Bonchev–Trinajstić information content (AvgIpc) is 3.42. The van der Waals surface area contributed by atoms with E-state index in [1.54, 1.807) is 11.3 Å². The second-order valence-corrected chi connectivity index (χ2v) is 11.0. The first-order valence-electron chi connectivity index (χ1n) is 10.8. The molecule has 7 nitrogen and oxygen atoms in total. The number of aromatic nitrogens is 5. The minimum atomic E-state index is -0.329. The molecule has 1 aliphatic heterocycles. The van der Waals surface area contributed by atoms with E-state index in [0.29, 0.717) is 23.2 Å². The Hall–Kier alpha value is -2.84. The molecular formula is C24H25ClN6OS. The molecule has 1 atom stereocenters. The van der Waals surface area contributed by atoms with Gasteiger partial charge in [-0.1, -0.05) is 44.5 Å². The van der Waals surface area contributed by atoms with Crippen molar-refractivity contribution in [2.45, 2.75) is 59.4 Å². The van der Waals surface area contributed by atoms with Crippen LogP contribution in [0.5, 0.6) is 0 Å². The molecule has 0 fully saturated rings. The third kappa shape index (κ3) is 3.81. The lowest BCUT2D eigenvalue weighted by Gasteiger charge is -2.12. The Bertz CT molecular complexity index is 1370. The first-order valence-corrected chi connectivity index (χ1v) is 12.0. The van der Waals surface area contributed by atoms with Crippen LogP contribution in [0, 0.1) is 20.8 Å². The predicted molar refractivity (Wildman–Crippen MR) is 130 cm³/mol. The smallest absolute Gasteiger partial charge is 0.221 e. The highest BCUT2D eigenvalue weighted by Gasteiger charge is 2.33. The average molecular weight is 481 g/mol. The van der Waals surface area contributed by atoms with Crippen molar-refractivity contribution in [2.24, 2.45) is 4.99 Å². The summed E-state index contributed by atoms with van der Waals surface area (Å²) in [4.78, 5) is 6.48. The van der Waals surface area contributed by atoms with Gasteiger partial charge in [-0.2, -0.15) is 0 Å². The largest absolute Gasteiger partial charge is 0.425 e. The number of thiophene rings is 1. The van der Waals surface area contributed by atoms with Crippen LogP contribution in [0.2, 0.25) is 5.02 Å². The number of aliphatic imine (C=N–C) groups is 1. The third-order valence-corrected chi connectivity index (χ3v) is 7.28. The van der Waals surface area contributed by atoms with Gasteiger partial charge in [0.25, 0.3) is 0 Å². The monoisotopic (exact) mass is 480 g/mol. The molecular weight excluding hydrogens is 456 g/mol. The Morgan fingerprint density at radius 3 is 2.42 bits per heavy atom. The summed E-state index contributed by atoms with van der Waals surface area (Å²) >= 11 is 7.92. The SMILES string of the molecule is Cc1sc2c(c1C)C(c1ccc(Cl)cc1)=N[C@@H](Cc1nnc(C(C)(C)C)o1)c1nnc(C)n1-2. The standard InChI is InChI=1S/C24H25ClN6OS/c1-12-13(2)33-22-19(12)20(15-7-9-16(25)10-8-15)26-17(21-29-27-14(3)31(21)22)11-18-28-30-23(32-18)24(4,5)6/h7-10,17H,11H2,1-6H3/t17-/m0/s1. The summed E-state index contributed by atoms with van der Waals surface area (Å²) in [6.45, 7) is 12.4. The zero-order valence-corrected chi connectivity index (χ0v) is 21.0. The van der Waals surface area contributed by atoms with Crippen molar-refractivity contribution >= 4 is 28.6 Å². The summed E-state index contributed by atoms with van der Waals surface area (Å²) in [5.74, 6) is 2.74. The van der Waals surface area contributed by atoms with Gasteiger partial charge in [0.05, 0.1) is 12.1 Å². The molecule has 0 saturated heterocycles. The van der Waals surface area contributed by atoms with Gasteiger partial charge < -0.3 is 4.42 Å². The van der Waals surface area contributed by atoms with Gasteiger partial charge in [0, 0.05) is 26.4 Å². The Kier molecular flexibility index (Phi) is 5.25. The molecule has 4 heterocycles. The summed E-state index contributed by atoms with van der Waals surface area (Å²) in [6, 6.07) is 7.49. The number of benzene rings is 1. The van der Waals surface area contributed by atoms with Gasteiger partial charge in [-0.05, 0) is 38.5 Å². The molecule has 0 aliphatic carbocycles. The van der Waals surface area contributed by atoms with Crippen LogP contribution in [0.25, 0.3) is 5.00 Å². The Labute approximate surface area is 201 Å². The van der Waals surface area contributed by atoms with Crippen LogP contribution in [0.1, 0.15) is 71.8 Å². The molecule has 0 saturated carbocycles. The fourth-order valence-electron chi connectivity index (χ4n) is 3.94. The van der Waals surface area contributed by atoms with Gasteiger partial charge in [-0.15, -0.1) is 31.7 Å². The summed E-state index contributed by atoms with van der Waals surface area (Å²) in [7, 11) is 0. The van der Waals surface area contributed by atoms with E-state index in [4.69, 9.17) is 21.0 Å². The molecule has 0 unspecified atom stereocenters. The van der Waals surface area contributed by atoms with Gasteiger partial charge in [0.1, 0.15) is 16.9 Å². The molecule has 9 heteroatoms. The Morgan fingerprint density at radius 1 is 1.03 bits per heavy atom. The maximum absolute atomic E-state index is 6.18. The summed E-state index contributed by atoms with van der Waals surface area (Å²) < 4.78 is 8.13. The molecule has 1 aromatic carbocycles. The van der Waals surface area contributed by atoms with Crippen LogP contribution in [-0.2, 0) is 11.8 Å². The van der Waals surface area contributed by atoms with Gasteiger partial charge in [-0.25, -0.2) is 0 Å². The number of aryl methyl sites for hydroxylation is 2. The van der Waals surface area contributed by atoms with E-state index in [1.165, 1.54) is 10.4 Å². The Morgan fingerprint density at radius 2 is 1.76 bits per heavy atom. The number of hydrogen-bond donors (Lipinski definition) is 0. The first kappa shape index (κ1) is 22.0. The molecule has 0 bridgehead atoms. The molecule has 0 N–H and O–H groups in total. The van der Waals surface area contributed by atoms with E-state index in [1.807, 2.05) is 31.2 Å². The number of nitrogens with zero attached hydrogens (tertiary/aromatic N) is 6. The van der Waals surface area contributed by atoms with Crippen molar-refractivity contribution in [3.8, 4) is 5.00 Å². The van der Waals surface area contributed by atoms with Gasteiger partial charge in [-0.3, -0.25) is 9.56 Å². The highest BCUT2D eigenvalue weighted by molar-refractivity contribution is 7.15. The van der Waals surface area contributed by atoms with Crippen molar-refractivity contribution in [1.29, 1.82) is 0 Å². The molecule has 4 aromatic rings. The van der Waals surface area contributed by atoms with Crippen molar-refractivity contribution in [2.75, 3.05) is 0 Å². The molecule has 3 aromatic heterocycles. The highest BCUT2D eigenvalue weighted by atomic mass is 35.5. The van der Waals surface area contributed by atoms with E-state index >= 15 is 0 Å². The lowest BCUT2D eigenvalue weighted by atomic mass is 9.97. The normalized spacial score (nSPS) is 15.7. The van der Waals surface area contributed by atoms with Crippen LogP contribution in [0.15, 0.2) is 33.7 Å². The Balaban J connectivity index is 1.70. The lowest BCUT2D eigenvalue weighted by Crippen LogP contribution is -2.11. The summed E-state index contributed by atoms with van der Waals surface area (Å²) in [5.41, 5.74) is 4.00. The lowest BCUT2D eigenvalue weighted by molar-refractivity contribution is 0.365. The van der Waals surface area contributed by atoms with Crippen LogP contribution in [-0.4, -0.2) is 30.7 Å². The fraction of sp³-hybridized carbons (Fsp3) is 0.375. The van der Waals surface area contributed by atoms with Crippen LogP contribution in [0.4, 0.5) is 0 Å². The van der Waals surface area contributed by atoms with Crippen LogP contribution in [0.3, 0.4) is 0 Å². The summed E-state index contributed by atoms with van der Waals surface area (Å²) in [5, 5.41) is 19.3.